The van der Waals surface area contributed by atoms with E-state index in [1.165, 1.54) is 50.6 Å². The van der Waals surface area contributed by atoms with Crippen molar-refractivity contribution in [3.8, 4) is 22.8 Å². The molecule has 0 atom stereocenters. The maximum Gasteiger partial charge on any atom is 0.271 e. The molecule has 0 bridgehead atoms. The predicted octanol–water partition coefficient (Wildman–Crippen LogP) is 2.47. The van der Waals surface area contributed by atoms with Gasteiger partial charge in [0.25, 0.3) is 11.2 Å². The number of non-ortho nitro benzene ring substituents is 1. The molecular weight excluding hydrogens is 392 g/mol. The summed E-state index contributed by atoms with van der Waals surface area (Å²) in [5.41, 5.74) is 0.607. The van der Waals surface area contributed by atoms with Crippen LogP contribution in [-0.4, -0.2) is 34.8 Å². The summed E-state index contributed by atoms with van der Waals surface area (Å²) in [7, 11) is 3.03. The van der Waals surface area contributed by atoms with Crippen LogP contribution in [0, 0.1) is 10.1 Å². The molecule has 10 heteroatoms. The van der Waals surface area contributed by atoms with E-state index in [2.05, 4.69) is 10.4 Å². The van der Waals surface area contributed by atoms with Gasteiger partial charge in [0, 0.05) is 29.4 Å². The fourth-order valence-electron chi connectivity index (χ4n) is 2.75. The Morgan fingerprint density at radius 2 is 1.93 bits per heavy atom. The number of methoxy groups -OCH3 is 2. The third-order valence-corrected chi connectivity index (χ3v) is 4.18. The Kier molecular flexibility index (Phi) is 6.06. The second-order valence-electron chi connectivity index (χ2n) is 6.14. The van der Waals surface area contributed by atoms with Crippen molar-refractivity contribution in [1.29, 1.82) is 0 Å². The molecule has 0 fully saturated rings. The number of hydrogen-bond donors (Lipinski definition) is 1. The maximum absolute atomic E-state index is 12.4. The molecular formula is C20H18N4O6. The van der Waals surface area contributed by atoms with E-state index in [1.54, 1.807) is 18.2 Å². The van der Waals surface area contributed by atoms with Gasteiger partial charge in [-0.2, -0.15) is 5.10 Å². The Balaban J connectivity index is 1.86. The lowest BCUT2D eigenvalue weighted by Gasteiger charge is -2.12. The Morgan fingerprint density at radius 3 is 2.63 bits per heavy atom. The van der Waals surface area contributed by atoms with Gasteiger partial charge in [0.2, 0.25) is 5.91 Å². The number of ether oxygens (including phenoxy) is 2. The molecule has 1 aromatic heterocycles. The highest BCUT2D eigenvalue weighted by Crippen LogP contribution is 2.31. The molecule has 0 saturated heterocycles. The number of benzene rings is 2. The monoisotopic (exact) mass is 410 g/mol. The Bertz CT molecular complexity index is 1160. The maximum atomic E-state index is 12.4. The number of carbonyl (C=O) groups is 1. The van der Waals surface area contributed by atoms with Crippen LogP contribution in [0.5, 0.6) is 11.5 Å². The van der Waals surface area contributed by atoms with Gasteiger partial charge in [0.05, 0.1) is 24.8 Å². The molecule has 0 aliphatic rings. The lowest BCUT2D eigenvalue weighted by molar-refractivity contribution is -0.384. The average Bonchev–Trinajstić information content (AvgIpc) is 2.75. The van der Waals surface area contributed by atoms with Crippen LogP contribution in [0.2, 0.25) is 0 Å². The third-order valence-electron chi connectivity index (χ3n) is 4.18. The second-order valence-corrected chi connectivity index (χ2v) is 6.14. The van der Waals surface area contributed by atoms with Crippen molar-refractivity contribution < 1.29 is 19.2 Å². The highest BCUT2D eigenvalue weighted by atomic mass is 16.6. The molecule has 10 nitrogen and oxygen atoms in total. The van der Waals surface area contributed by atoms with Gasteiger partial charge in [0.1, 0.15) is 18.0 Å². The predicted molar refractivity (Wildman–Crippen MR) is 109 cm³/mol. The smallest absolute Gasteiger partial charge is 0.271 e. The van der Waals surface area contributed by atoms with Crippen molar-refractivity contribution in [3.05, 3.63) is 75.1 Å². The van der Waals surface area contributed by atoms with Crippen LogP contribution < -0.4 is 20.3 Å². The molecule has 3 rings (SSSR count). The number of nitrogens with zero attached hydrogens (tertiary/aromatic N) is 3. The van der Waals surface area contributed by atoms with Crippen molar-refractivity contribution >= 4 is 17.3 Å². The first-order valence-electron chi connectivity index (χ1n) is 8.76. The number of amides is 1. The molecule has 3 aromatic rings. The third kappa shape index (κ3) is 4.61. The molecule has 154 valence electrons. The number of anilines is 1. The summed E-state index contributed by atoms with van der Waals surface area (Å²) < 4.78 is 11.6. The minimum atomic E-state index is -0.563. The zero-order valence-electron chi connectivity index (χ0n) is 16.2. The zero-order chi connectivity index (χ0) is 21.7. The SMILES string of the molecule is COc1ccc(OC)c(-c2ccc(=O)n(CC(=O)Nc3cccc([N+](=O)[O-])c3)n2)c1. The molecule has 30 heavy (non-hydrogen) atoms. The highest BCUT2D eigenvalue weighted by Gasteiger charge is 2.13. The van der Waals surface area contributed by atoms with Crippen molar-refractivity contribution in [2.45, 2.75) is 6.54 Å². The molecule has 1 heterocycles. The van der Waals surface area contributed by atoms with Crippen molar-refractivity contribution in [3.63, 3.8) is 0 Å². The van der Waals surface area contributed by atoms with Gasteiger partial charge in [-0.1, -0.05) is 6.07 Å². The molecule has 0 unspecified atom stereocenters. The first-order valence-corrected chi connectivity index (χ1v) is 8.76. The number of hydrogen-bond acceptors (Lipinski definition) is 7. The highest BCUT2D eigenvalue weighted by molar-refractivity contribution is 5.90. The molecule has 1 N–H and O–H groups in total. The Labute approximate surface area is 170 Å². The lowest BCUT2D eigenvalue weighted by atomic mass is 10.1. The standard InChI is InChI=1S/C20H18N4O6/c1-29-15-6-8-18(30-2)16(11-15)17-7-9-20(26)23(22-17)12-19(25)21-13-4-3-5-14(10-13)24(27)28/h3-11H,12H2,1-2H3,(H,21,25). The van der Waals surface area contributed by atoms with Crippen LogP contribution in [0.1, 0.15) is 0 Å². The van der Waals surface area contributed by atoms with Crippen molar-refractivity contribution in [2.75, 3.05) is 19.5 Å². The van der Waals surface area contributed by atoms with E-state index in [4.69, 9.17) is 9.47 Å². The molecule has 0 aliphatic heterocycles. The Morgan fingerprint density at radius 1 is 1.13 bits per heavy atom. The van der Waals surface area contributed by atoms with E-state index < -0.39 is 16.4 Å². The van der Waals surface area contributed by atoms with Gasteiger partial charge in [0.15, 0.2) is 0 Å². The Hall–Kier alpha value is -4.21. The van der Waals surface area contributed by atoms with Crippen LogP contribution in [-0.2, 0) is 11.3 Å². The van der Waals surface area contributed by atoms with Crippen LogP contribution in [0.4, 0.5) is 11.4 Å². The van der Waals surface area contributed by atoms with Gasteiger partial charge in [-0.15, -0.1) is 0 Å². The summed E-state index contributed by atoms with van der Waals surface area (Å²) in [4.78, 5) is 34.8. The average molecular weight is 410 g/mol. The van der Waals surface area contributed by atoms with E-state index in [1.807, 2.05) is 0 Å². The summed E-state index contributed by atoms with van der Waals surface area (Å²) >= 11 is 0. The minimum absolute atomic E-state index is 0.157. The topological polar surface area (TPSA) is 126 Å². The number of nitro benzene ring substituents is 1. The van der Waals surface area contributed by atoms with E-state index in [9.17, 15) is 19.7 Å². The van der Waals surface area contributed by atoms with Crippen LogP contribution >= 0.6 is 0 Å². The fourth-order valence-corrected chi connectivity index (χ4v) is 2.75. The summed E-state index contributed by atoms with van der Waals surface area (Å²) in [6.45, 7) is -0.373. The van der Waals surface area contributed by atoms with Gasteiger partial charge >= 0.3 is 0 Å². The molecule has 0 saturated carbocycles. The molecule has 0 aliphatic carbocycles. The van der Waals surface area contributed by atoms with Gasteiger partial charge in [-0.3, -0.25) is 19.7 Å². The van der Waals surface area contributed by atoms with Crippen LogP contribution in [0.3, 0.4) is 0 Å². The van der Waals surface area contributed by atoms with E-state index in [0.717, 1.165) is 4.68 Å². The van der Waals surface area contributed by atoms with Crippen molar-refractivity contribution in [1.82, 2.24) is 9.78 Å². The molecule has 2 aromatic carbocycles. The number of rotatable bonds is 7. The zero-order valence-corrected chi connectivity index (χ0v) is 16.2. The van der Waals surface area contributed by atoms with Gasteiger partial charge in [-0.05, 0) is 30.3 Å². The quantitative estimate of drug-likeness (QED) is 0.468. The number of nitro groups is 1. The first-order chi connectivity index (χ1) is 14.4. The minimum Gasteiger partial charge on any atom is -0.497 e. The van der Waals surface area contributed by atoms with Crippen LogP contribution in [0.15, 0.2) is 59.4 Å². The molecule has 0 radical (unpaired) electrons. The van der Waals surface area contributed by atoms with E-state index in [-0.39, 0.29) is 17.9 Å². The largest absolute Gasteiger partial charge is 0.497 e. The number of carbonyl (C=O) groups excluding carboxylic acids is 1. The van der Waals surface area contributed by atoms with Crippen LogP contribution in [0.25, 0.3) is 11.3 Å². The van der Waals surface area contributed by atoms with Gasteiger partial charge < -0.3 is 14.8 Å². The van der Waals surface area contributed by atoms with Crippen molar-refractivity contribution in [2.24, 2.45) is 0 Å². The second kappa shape index (κ2) is 8.86. The van der Waals surface area contributed by atoms with Gasteiger partial charge in [-0.25, -0.2) is 4.68 Å². The fraction of sp³-hybridized carbons (Fsp3) is 0.150. The molecule has 0 spiro atoms. The van der Waals surface area contributed by atoms with E-state index in [0.29, 0.717) is 22.8 Å². The summed E-state index contributed by atoms with van der Waals surface area (Å²) in [6.07, 6.45) is 0. The normalized spacial score (nSPS) is 10.3. The summed E-state index contributed by atoms with van der Waals surface area (Å²) in [6, 6.07) is 13.5. The summed E-state index contributed by atoms with van der Waals surface area (Å²) in [5, 5.41) is 17.6. The lowest BCUT2D eigenvalue weighted by Crippen LogP contribution is -2.29. The molecule has 1 amide bonds. The number of nitrogens with one attached hydrogen (secondary N) is 1. The summed E-state index contributed by atoms with van der Waals surface area (Å²) in [5.74, 6) is 0.545. The number of aromatic nitrogens is 2. The van der Waals surface area contributed by atoms with E-state index >= 15 is 0 Å². The first kappa shape index (κ1) is 20.5.